The third-order valence-electron chi connectivity index (χ3n) is 3.47. The van der Waals surface area contributed by atoms with E-state index in [-0.39, 0.29) is 22.9 Å². The summed E-state index contributed by atoms with van der Waals surface area (Å²) in [6.07, 6.45) is 4.69. The molecule has 0 aliphatic carbocycles. The number of rotatable bonds is 5. The molecular formula is C18H14N4O4. The third kappa shape index (κ3) is 3.32. The standard InChI is InChI=1S/C18H14N4O4/c1-21(2)9-7-16-17(22(23)24)14-10-13(5-6-15(14)26-16)25-18-12(11-19)4-3-8-20-18/h3-10H,1-2H3/b9-7-. The highest BCUT2D eigenvalue weighted by atomic mass is 16.6. The van der Waals surface area contributed by atoms with Crippen LogP contribution in [0, 0.1) is 21.4 Å². The first-order valence-corrected chi connectivity index (χ1v) is 7.58. The summed E-state index contributed by atoms with van der Waals surface area (Å²) >= 11 is 0. The van der Waals surface area contributed by atoms with Gasteiger partial charge >= 0.3 is 5.69 Å². The molecule has 0 N–H and O–H groups in total. The van der Waals surface area contributed by atoms with Crippen molar-refractivity contribution < 1.29 is 14.1 Å². The zero-order chi connectivity index (χ0) is 18.7. The molecule has 0 amide bonds. The molecular weight excluding hydrogens is 336 g/mol. The van der Waals surface area contributed by atoms with Crippen molar-refractivity contribution in [3.8, 4) is 17.7 Å². The fraction of sp³-hybridized carbons (Fsp3) is 0.111. The molecule has 8 heteroatoms. The van der Waals surface area contributed by atoms with Gasteiger partial charge in [-0.1, -0.05) is 0 Å². The number of nitriles is 1. The van der Waals surface area contributed by atoms with Crippen LogP contribution in [-0.2, 0) is 0 Å². The van der Waals surface area contributed by atoms with Crippen molar-refractivity contribution in [1.82, 2.24) is 9.88 Å². The van der Waals surface area contributed by atoms with Crippen molar-refractivity contribution >= 4 is 22.7 Å². The maximum atomic E-state index is 11.5. The normalized spacial score (nSPS) is 10.8. The fourth-order valence-corrected chi connectivity index (χ4v) is 2.33. The molecule has 0 bridgehead atoms. The first-order chi connectivity index (χ1) is 12.5. The maximum Gasteiger partial charge on any atom is 0.322 e. The first-order valence-electron chi connectivity index (χ1n) is 7.58. The average Bonchev–Trinajstić information content (AvgIpc) is 2.98. The van der Waals surface area contributed by atoms with Crippen LogP contribution < -0.4 is 4.74 Å². The Morgan fingerprint density at radius 3 is 2.88 bits per heavy atom. The molecule has 0 aliphatic heterocycles. The summed E-state index contributed by atoms with van der Waals surface area (Å²) in [5, 5.41) is 20.9. The van der Waals surface area contributed by atoms with Crippen molar-refractivity contribution in [2.24, 2.45) is 0 Å². The Kier molecular flexibility index (Phi) is 4.53. The van der Waals surface area contributed by atoms with Gasteiger partial charge in [-0.2, -0.15) is 5.26 Å². The van der Waals surface area contributed by atoms with Gasteiger partial charge in [0.25, 0.3) is 0 Å². The third-order valence-corrected chi connectivity index (χ3v) is 3.47. The molecule has 26 heavy (non-hydrogen) atoms. The quantitative estimate of drug-likeness (QED) is 0.507. The molecule has 0 aliphatic rings. The topological polar surface area (TPSA) is 105 Å². The zero-order valence-corrected chi connectivity index (χ0v) is 14.0. The Morgan fingerprint density at radius 2 is 2.19 bits per heavy atom. The van der Waals surface area contributed by atoms with Gasteiger partial charge in [-0.05, 0) is 30.3 Å². The van der Waals surface area contributed by atoms with Crippen LogP contribution in [0.4, 0.5) is 5.69 Å². The lowest BCUT2D eigenvalue weighted by molar-refractivity contribution is -0.383. The molecule has 2 aromatic heterocycles. The summed E-state index contributed by atoms with van der Waals surface area (Å²) in [4.78, 5) is 16.8. The Balaban J connectivity index is 2.06. The number of nitro groups is 1. The van der Waals surface area contributed by atoms with Gasteiger partial charge in [0.1, 0.15) is 28.4 Å². The largest absolute Gasteiger partial charge is 0.449 e. The number of hydrogen-bond acceptors (Lipinski definition) is 7. The molecule has 0 fully saturated rings. The second kappa shape index (κ2) is 6.94. The molecule has 8 nitrogen and oxygen atoms in total. The number of aromatic nitrogens is 1. The Hall–Kier alpha value is -3.86. The zero-order valence-electron chi connectivity index (χ0n) is 14.0. The van der Waals surface area contributed by atoms with Gasteiger partial charge < -0.3 is 14.1 Å². The lowest BCUT2D eigenvalue weighted by atomic mass is 10.2. The van der Waals surface area contributed by atoms with Gasteiger partial charge in [-0.3, -0.25) is 10.1 Å². The van der Waals surface area contributed by atoms with Crippen LogP contribution in [0.5, 0.6) is 11.6 Å². The minimum absolute atomic E-state index is 0.133. The molecule has 3 aromatic rings. The number of ether oxygens (including phenoxy) is 1. The van der Waals surface area contributed by atoms with Gasteiger partial charge in [-0.25, -0.2) is 4.98 Å². The maximum absolute atomic E-state index is 11.5. The number of hydrogen-bond donors (Lipinski definition) is 0. The van der Waals surface area contributed by atoms with Gasteiger partial charge in [0.15, 0.2) is 0 Å². The van der Waals surface area contributed by atoms with Crippen LogP contribution in [0.15, 0.2) is 47.1 Å². The van der Waals surface area contributed by atoms with E-state index in [0.717, 1.165) is 0 Å². The fourth-order valence-electron chi connectivity index (χ4n) is 2.33. The molecule has 2 heterocycles. The second-order valence-corrected chi connectivity index (χ2v) is 5.58. The van der Waals surface area contributed by atoms with E-state index in [4.69, 9.17) is 14.4 Å². The summed E-state index contributed by atoms with van der Waals surface area (Å²) in [5.41, 5.74) is 0.484. The molecule has 0 radical (unpaired) electrons. The SMILES string of the molecule is CN(C)/C=C\c1oc2ccc(Oc3ncccc3C#N)cc2c1[N+](=O)[O-]. The van der Waals surface area contributed by atoms with Crippen LogP contribution in [0.3, 0.4) is 0 Å². The van der Waals surface area contributed by atoms with Gasteiger partial charge in [-0.15, -0.1) is 0 Å². The summed E-state index contributed by atoms with van der Waals surface area (Å²) < 4.78 is 11.2. The summed E-state index contributed by atoms with van der Waals surface area (Å²) in [5.74, 6) is 0.597. The van der Waals surface area contributed by atoms with Crippen molar-refractivity contribution in [1.29, 1.82) is 5.26 Å². The van der Waals surface area contributed by atoms with Crippen LogP contribution in [0.1, 0.15) is 11.3 Å². The van der Waals surface area contributed by atoms with Crippen molar-refractivity contribution in [2.75, 3.05) is 14.1 Å². The first kappa shape index (κ1) is 17.0. The van der Waals surface area contributed by atoms with E-state index < -0.39 is 4.92 Å². The second-order valence-electron chi connectivity index (χ2n) is 5.58. The lowest BCUT2D eigenvalue weighted by Crippen LogP contribution is -1.99. The van der Waals surface area contributed by atoms with Crippen LogP contribution in [0.25, 0.3) is 17.0 Å². The van der Waals surface area contributed by atoms with E-state index in [1.165, 1.54) is 18.3 Å². The van der Waals surface area contributed by atoms with E-state index in [2.05, 4.69) is 4.98 Å². The summed E-state index contributed by atoms with van der Waals surface area (Å²) in [6.45, 7) is 0. The number of fused-ring (bicyclic) bond motifs is 1. The van der Waals surface area contributed by atoms with Crippen molar-refractivity contribution in [3.63, 3.8) is 0 Å². The van der Waals surface area contributed by atoms with E-state index in [1.807, 2.05) is 6.07 Å². The molecule has 0 spiro atoms. The van der Waals surface area contributed by atoms with E-state index in [0.29, 0.717) is 16.7 Å². The smallest absolute Gasteiger partial charge is 0.322 e. The Morgan fingerprint density at radius 1 is 1.38 bits per heavy atom. The van der Waals surface area contributed by atoms with Crippen molar-refractivity contribution in [2.45, 2.75) is 0 Å². The number of nitrogens with zero attached hydrogens (tertiary/aromatic N) is 4. The highest BCUT2D eigenvalue weighted by Gasteiger charge is 2.23. The lowest BCUT2D eigenvalue weighted by Gasteiger charge is -2.05. The van der Waals surface area contributed by atoms with Crippen LogP contribution in [-0.4, -0.2) is 28.9 Å². The van der Waals surface area contributed by atoms with Gasteiger partial charge in [0.2, 0.25) is 11.6 Å². The van der Waals surface area contributed by atoms with Crippen molar-refractivity contribution in [3.05, 3.63) is 64.2 Å². The van der Waals surface area contributed by atoms with Crippen LogP contribution >= 0.6 is 0 Å². The predicted octanol–water partition coefficient (Wildman–Crippen LogP) is 3.93. The van der Waals surface area contributed by atoms with Gasteiger partial charge in [0, 0.05) is 32.6 Å². The summed E-state index contributed by atoms with van der Waals surface area (Å²) in [7, 11) is 3.60. The molecule has 0 saturated heterocycles. The highest BCUT2D eigenvalue weighted by Crippen LogP contribution is 2.37. The summed E-state index contributed by atoms with van der Waals surface area (Å²) in [6, 6.07) is 9.87. The predicted molar refractivity (Wildman–Crippen MR) is 94.6 cm³/mol. The molecule has 0 atom stereocenters. The molecule has 0 unspecified atom stereocenters. The molecule has 130 valence electrons. The molecule has 0 saturated carbocycles. The average molecular weight is 350 g/mol. The molecule has 3 rings (SSSR count). The number of furan rings is 1. The Labute approximate surface area is 148 Å². The Bertz CT molecular complexity index is 1050. The highest BCUT2D eigenvalue weighted by molar-refractivity contribution is 5.92. The van der Waals surface area contributed by atoms with E-state index >= 15 is 0 Å². The van der Waals surface area contributed by atoms with Gasteiger partial charge in [0.05, 0.1) is 4.92 Å². The van der Waals surface area contributed by atoms with E-state index in [9.17, 15) is 10.1 Å². The molecule has 1 aromatic carbocycles. The minimum Gasteiger partial charge on any atom is -0.449 e. The number of benzene rings is 1. The number of pyridine rings is 1. The minimum atomic E-state index is -0.494. The van der Waals surface area contributed by atoms with E-state index in [1.54, 1.807) is 49.5 Å². The monoisotopic (exact) mass is 350 g/mol. The van der Waals surface area contributed by atoms with Crippen LogP contribution in [0.2, 0.25) is 0 Å².